The van der Waals surface area contributed by atoms with Crippen LogP contribution in [0.15, 0.2) is 42.5 Å². The Labute approximate surface area is 192 Å². The van der Waals surface area contributed by atoms with Crippen molar-refractivity contribution >= 4 is 12.0 Å². The number of rotatable bonds is 12. The summed E-state index contributed by atoms with van der Waals surface area (Å²) in [6.45, 7) is 7.15. The number of methoxy groups -OCH3 is 1. The molecule has 0 saturated heterocycles. The Kier molecular flexibility index (Phi) is 9.63. The maximum absolute atomic E-state index is 12.2. The van der Waals surface area contributed by atoms with Crippen molar-refractivity contribution in [1.29, 1.82) is 0 Å². The lowest BCUT2D eigenvalue weighted by atomic mass is 9.79. The highest BCUT2D eigenvalue weighted by molar-refractivity contribution is 5.91. The Balaban J connectivity index is 1.97. The molecule has 0 unspecified atom stereocenters. The number of carbonyl (C=O) groups excluding carboxylic acids is 1. The van der Waals surface area contributed by atoms with Gasteiger partial charge in [-0.25, -0.2) is 0 Å². The van der Waals surface area contributed by atoms with Gasteiger partial charge in [-0.1, -0.05) is 58.6 Å². The molecule has 3 N–H and O–H groups in total. The van der Waals surface area contributed by atoms with Crippen LogP contribution in [0.2, 0.25) is 0 Å². The highest BCUT2D eigenvalue weighted by atomic mass is 16.5. The number of carbonyl (C=O) groups is 1. The van der Waals surface area contributed by atoms with Crippen LogP contribution < -0.4 is 10.1 Å². The molecule has 1 amide bonds. The average Bonchev–Trinajstić information content (AvgIpc) is 2.77. The van der Waals surface area contributed by atoms with Gasteiger partial charge in [0.1, 0.15) is 5.75 Å². The molecule has 32 heavy (non-hydrogen) atoms. The molecule has 0 atom stereocenters. The zero-order valence-electron chi connectivity index (χ0n) is 19.8. The van der Waals surface area contributed by atoms with Crippen molar-refractivity contribution in [3.63, 3.8) is 0 Å². The summed E-state index contributed by atoms with van der Waals surface area (Å²) in [7, 11) is 1.70. The van der Waals surface area contributed by atoms with Crippen LogP contribution in [-0.4, -0.2) is 29.8 Å². The van der Waals surface area contributed by atoms with Gasteiger partial charge >= 0.3 is 0 Å². The molecule has 5 heteroatoms. The van der Waals surface area contributed by atoms with E-state index in [2.05, 4.69) is 32.2 Å². The Hall–Kier alpha value is -2.95. The summed E-state index contributed by atoms with van der Waals surface area (Å²) < 4.78 is 5.61. The third kappa shape index (κ3) is 7.63. The first-order valence-electron chi connectivity index (χ1n) is 11.4. The van der Waals surface area contributed by atoms with Gasteiger partial charge in [0.15, 0.2) is 11.5 Å². The van der Waals surface area contributed by atoms with Crippen molar-refractivity contribution in [1.82, 2.24) is 5.32 Å². The molecule has 2 aromatic rings. The van der Waals surface area contributed by atoms with Crippen LogP contribution in [0.25, 0.3) is 6.08 Å². The van der Waals surface area contributed by atoms with E-state index in [-0.39, 0.29) is 22.8 Å². The van der Waals surface area contributed by atoms with Gasteiger partial charge in [0.2, 0.25) is 5.91 Å². The minimum Gasteiger partial charge on any atom is -0.504 e. The van der Waals surface area contributed by atoms with Crippen LogP contribution in [0.1, 0.15) is 69.6 Å². The first-order chi connectivity index (χ1) is 15.3. The van der Waals surface area contributed by atoms with Crippen LogP contribution in [-0.2, 0) is 16.6 Å². The number of phenolic OH excluding ortho intramolecular Hbond substituents is 2. The number of hydrogen-bond donors (Lipinski definition) is 3. The van der Waals surface area contributed by atoms with E-state index in [1.807, 2.05) is 18.2 Å². The predicted molar refractivity (Wildman–Crippen MR) is 130 cm³/mol. The van der Waals surface area contributed by atoms with E-state index in [0.717, 1.165) is 28.9 Å². The maximum Gasteiger partial charge on any atom is 0.244 e. The molecule has 0 aliphatic carbocycles. The number of amides is 1. The summed E-state index contributed by atoms with van der Waals surface area (Å²) in [5.74, 6) is 0.398. The van der Waals surface area contributed by atoms with Crippen molar-refractivity contribution in [2.24, 2.45) is 0 Å². The average molecular weight is 440 g/mol. The molecular weight excluding hydrogens is 402 g/mol. The van der Waals surface area contributed by atoms with Crippen LogP contribution in [0.4, 0.5) is 0 Å². The molecule has 174 valence electrons. The Morgan fingerprint density at radius 3 is 2.53 bits per heavy atom. The smallest absolute Gasteiger partial charge is 0.244 e. The van der Waals surface area contributed by atoms with Crippen molar-refractivity contribution in [3.8, 4) is 17.2 Å². The molecule has 2 aromatic carbocycles. The number of ether oxygens (including phenoxy) is 1. The topological polar surface area (TPSA) is 78.8 Å². The van der Waals surface area contributed by atoms with Crippen LogP contribution in [0.5, 0.6) is 17.2 Å². The van der Waals surface area contributed by atoms with Gasteiger partial charge in [0, 0.05) is 18.2 Å². The third-order valence-electron chi connectivity index (χ3n) is 5.79. The minimum absolute atomic E-state index is 0.0130. The quantitative estimate of drug-likeness (QED) is 0.224. The van der Waals surface area contributed by atoms with E-state index < -0.39 is 0 Å². The SMILES string of the molecule is CCCCCCC(C)(C)c1cc(/C=C/C(=O)NCCc2ccc(O)c(O)c2)ccc1OC. The van der Waals surface area contributed by atoms with Crippen molar-refractivity contribution < 1.29 is 19.7 Å². The monoisotopic (exact) mass is 439 g/mol. The lowest BCUT2D eigenvalue weighted by Gasteiger charge is -2.27. The van der Waals surface area contributed by atoms with Crippen molar-refractivity contribution in [2.75, 3.05) is 13.7 Å². The molecule has 0 saturated carbocycles. The molecule has 0 spiro atoms. The first-order valence-corrected chi connectivity index (χ1v) is 11.4. The van der Waals surface area contributed by atoms with Gasteiger partial charge in [-0.3, -0.25) is 4.79 Å². The van der Waals surface area contributed by atoms with Crippen molar-refractivity contribution in [3.05, 3.63) is 59.2 Å². The zero-order valence-corrected chi connectivity index (χ0v) is 19.8. The molecule has 0 aromatic heterocycles. The number of aromatic hydroxyl groups is 2. The maximum atomic E-state index is 12.2. The zero-order chi connectivity index (χ0) is 23.6. The molecule has 2 rings (SSSR count). The fourth-order valence-electron chi connectivity index (χ4n) is 3.77. The van der Waals surface area contributed by atoms with Gasteiger partial charge in [-0.2, -0.15) is 0 Å². The number of unbranched alkanes of at least 4 members (excludes halogenated alkanes) is 3. The van der Waals surface area contributed by atoms with E-state index >= 15 is 0 Å². The Morgan fingerprint density at radius 2 is 1.84 bits per heavy atom. The highest BCUT2D eigenvalue weighted by Gasteiger charge is 2.24. The molecular formula is C27H37NO4. The van der Waals surface area contributed by atoms with E-state index in [0.29, 0.717) is 13.0 Å². The fourth-order valence-corrected chi connectivity index (χ4v) is 3.77. The van der Waals surface area contributed by atoms with Gasteiger partial charge in [0.25, 0.3) is 0 Å². The normalized spacial score (nSPS) is 11.6. The lowest BCUT2D eigenvalue weighted by molar-refractivity contribution is -0.116. The molecule has 0 bridgehead atoms. The largest absolute Gasteiger partial charge is 0.504 e. The standard InChI is InChI=1S/C27H37NO4/c1-5-6-7-8-16-27(2,3)22-18-20(10-13-25(22)32-4)11-14-26(31)28-17-15-21-9-12-23(29)24(30)19-21/h9-14,18-19,29-30H,5-8,15-17H2,1-4H3,(H,28,31)/b14-11+. The van der Waals surface area contributed by atoms with Crippen LogP contribution in [0, 0.1) is 0 Å². The molecule has 0 radical (unpaired) electrons. The van der Waals surface area contributed by atoms with E-state index in [9.17, 15) is 15.0 Å². The summed E-state index contributed by atoms with van der Waals surface area (Å²) >= 11 is 0. The van der Waals surface area contributed by atoms with Gasteiger partial charge in [0.05, 0.1) is 7.11 Å². The number of nitrogens with one attached hydrogen (secondary N) is 1. The molecule has 0 aliphatic rings. The number of phenols is 2. The van der Waals surface area contributed by atoms with E-state index in [1.54, 1.807) is 13.2 Å². The van der Waals surface area contributed by atoms with Crippen LogP contribution in [0.3, 0.4) is 0 Å². The molecule has 5 nitrogen and oxygen atoms in total. The van der Waals surface area contributed by atoms with Crippen molar-refractivity contribution in [2.45, 2.75) is 64.7 Å². The van der Waals surface area contributed by atoms with Gasteiger partial charge in [-0.05, 0) is 59.7 Å². The fraction of sp³-hybridized carbons (Fsp3) is 0.444. The third-order valence-corrected chi connectivity index (χ3v) is 5.79. The van der Waals surface area contributed by atoms with E-state index in [4.69, 9.17) is 4.74 Å². The second-order valence-electron chi connectivity index (χ2n) is 8.85. The second kappa shape index (κ2) is 12.2. The summed E-state index contributed by atoms with van der Waals surface area (Å²) in [6, 6.07) is 10.7. The summed E-state index contributed by atoms with van der Waals surface area (Å²) in [4.78, 5) is 12.2. The number of benzene rings is 2. The first kappa shape index (κ1) is 25.3. The molecule has 0 aliphatic heterocycles. The van der Waals surface area contributed by atoms with Gasteiger partial charge in [-0.15, -0.1) is 0 Å². The van der Waals surface area contributed by atoms with Crippen LogP contribution >= 0.6 is 0 Å². The minimum atomic E-state index is -0.177. The second-order valence-corrected chi connectivity index (χ2v) is 8.85. The molecule has 0 fully saturated rings. The molecule has 0 heterocycles. The summed E-state index contributed by atoms with van der Waals surface area (Å²) in [5.41, 5.74) is 2.94. The lowest BCUT2D eigenvalue weighted by Crippen LogP contribution is -2.23. The van der Waals surface area contributed by atoms with E-state index in [1.165, 1.54) is 43.9 Å². The Morgan fingerprint density at radius 1 is 1.06 bits per heavy atom. The number of hydrogen-bond acceptors (Lipinski definition) is 4. The Bertz CT molecular complexity index is 918. The predicted octanol–water partition coefficient (Wildman–Crippen LogP) is 5.73. The highest BCUT2D eigenvalue weighted by Crippen LogP contribution is 2.36. The summed E-state index contributed by atoms with van der Waals surface area (Å²) in [6.07, 6.45) is 9.92. The van der Waals surface area contributed by atoms with Gasteiger partial charge < -0.3 is 20.3 Å². The summed E-state index contributed by atoms with van der Waals surface area (Å²) in [5, 5.41) is 21.8.